The average Bonchev–Trinajstić information content (AvgIpc) is 2.25. The first kappa shape index (κ1) is 10.4. The first-order chi connectivity index (χ1) is 7.50. The number of carbonyl (C=O) groups is 1. The average molecular weight is 222 g/mol. The second-order valence-electron chi connectivity index (χ2n) is 3.57. The summed E-state index contributed by atoms with van der Waals surface area (Å²) >= 11 is 0. The van der Waals surface area contributed by atoms with Crippen molar-refractivity contribution in [3.63, 3.8) is 0 Å². The number of nitro benzene ring substituents is 1. The lowest BCUT2D eigenvalue weighted by molar-refractivity contribution is -0.384. The number of hydrogen-bond acceptors (Lipinski definition) is 4. The Morgan fingerprint density at radius 1 is 1.50 bits per heavy atom. The van der Waals surface area contributed by atoms with E-state index >= 15 is 0 Å². The molecule has 1 amide bonds. The van der Waals surface area contributed by atoms with Crippen LogP contribution in [-0.2, 0) is 4.79 Å². The van der Waals surface area contributed by atoms with Gasteiger partial charge in [0, 0.05) is 19.2 Å². The van der Waals surface area contributed by atoms with Gasteiger partial charge in [-0.1, -0.05) is 0 Å². The van der Waals surface area contributed by atoms with E-state index < -0.39 is 11.0 Å². The van der Waals surface area contributed by atoms with E-state index in [1.54, 1.807) is 14.0 Å². The van der Waals surface area contributed by atoms with E-state index in [4.69, 9.17) is 4.74 Å². The largest absolute Gasteiger partial charge is 0.479 e. The van der Waals surface area contributed by atoms with Crippen LogP contribution in [0.4, 0.5) is 11.4 Å². The van der Waals surface area contributed by atoms with Crippen LogP contribution in [0.1, 0.15) is 6.92 Å². The minimum atomic E-state index is -0.557. The minimum absolute atomic E-state index is 0.0587. The number of non-ortho nitro benzene ring substituents is 1. The van der Waals surface area contributed by atoms with Crippen molar-refractivity contribution in [1.82, 2.24) is 0 Å². The second-order valence-corrected chi connectivity index (χ2v) is 3.57. The molecular formula is C10H10N2O4. The molecular weight excluding hydrogens is 212 g/mol. The molecule has 6 nitrogen and oxygen atoms in total. The molecule has 2 rings (SSSR count). The summed E-state index contributed by atoms with van der Waals surface area (Å²) in [6.45, 7) is 1.64. The Labute approximate surface area is 91.6 Å². The van der Waals surface area contributed by atoms with Gasteiger partial charge in [0.2, 0.25) is 0 Å². The summed E-state index contributed by atoms with van der Waals surface area (Å²) in [7, 11) is 1.57. The third kappa shape index (κ3) is 1.48. The molecule has 1 aliphatic heterocycles. The molecule has 84 valence electrons. The van der Waals surface area contributed by atoms with Crippen molar-refractivity contribution < 1.29 is 14.5 Å². The van der Waals surface area contributed by atoms with Crippen LogP contribution in [0.3, 0.4) is 0 Å². The Hall–Kier alpha value is -2.11. The first-order valence-electron chi connectivity index (χ1n) is 4.73. The van der Waals surface area contributed by atoms with Crippen LogP contribution in [0.15, 0.2) is 18.2 Å². The van der Waals surface area contributed by atoms with Gasteiger partial charge in [-0.05, 0) is 13.0 Å². The number of nitro groups is 1. The normalized spacial score (nSPS) is 19.0. The summed E-state index contributed by atoms with van der Waals surface area (Å²) in [6.07, 6.45) is -0.557. The highest BCUT2D eigenvalue weighted by Gasteiger charge is 2.30. The van der Waals surface area contributed by atoms with E-state index in [0.29, 0.717) is 11.4 Å². The van der Waals surface area contributed by atoms with E-state index in [0.717, 1.165) is 0 Å². The predicted octanol–water partition coefficient (Wildman–Crippen LogP) is 1.34. The number of hydrogen-bond donors (Lipinski definition) is 0. The maximum Gasteiger partial charge on any atom is 0.271 e. The Bertz CT molecular complexity index is 472. The van der Waals surface area contributed by atoms with Gasteiger partial charge in [0.05, 0.1) is 10.6 Å². The highest BCUT2D eigenvalue weighted by atomic mass is 16.6. The van der Waals surface area contributed by atoms with Gasteiger partial charge in [-0.25, -0.2) is 0 Å². The molecule has 1 aromatic rings. The quantitative estimate of drug-likeness (QED) is 0.531. The smallest absolute Gasteiger partial charge is 0.271 e. The molecule has 16 heavy (non-hydrogen) atoms. The van der Waals surface area contributed by atoms with E-state index in [-0.39, 0.29) is 11.6 Å². The van der Waals surface area contributed by atoms with Crippen molar-refractivity contribution in [2.45, 2.75) is 13.0 Å². The zero-order valence-electron chi connectivity index (χ0n) is 8.84. The molecule has 0 radical (unpaired) electrons. The number of benzene rings is 1. The van der Waals surface area contributed by atoms with Crippen LogP contribution in [0.2, 0.25) is 0 Å². The van der Waals surface area contributed by atoms with Crippen LogP contribution >= 0.6 is 0 Å². The molecule has 1 atom stereocenters. The van der Waals surface area contributed by atoms with Gasteiger partial charge in [0.15, 0.2) is 6.10 Å². The van der Waals surface area contributed by atoms with Gasteiger partial charge < -0.3 is 9.64 Å². The van der Waals surface area contributed by atoms with Gasteiger partial charge in [0.1, 0.15) is 5.75 Å². The molecule has 0 spiro atoms. The number of amides is 1. The van der Waals surface area contributed by atoms with E-state index in [1.165, 1.54) is 23.1 Å². The number of likely N-dealkylation sites (N-methyl/N-ethyl adjacent to an activating group) is 1. The Kier molecular flexibility index (Phi) is 2.26. The third-order valence-corrected chi connectivity index (χ3v) is 2.50. The van der Waals surface area contributed by atoms with Crippen molar-refractivity contribution in [1.29, 1.82) is 0 Å². The number of nitrogens with zero attached hydrogens (tertiary/aromatic N) is 2. The lowest BCUT2D eigenvalue weighted by Crippen LogP contribution is -2.41. The molecule has 1 heterocycles. The van der Waals surface area contributed by atoms with Crippen LogP contribution in [0, 0.1) is 10.1 Å². The summed E-state index contributed by atoms with van der Waals surface area (Å²) in [5, 5.41) is 10.6. The van der Waals surface area contributed by atoms with Crippen molar-refractivity contribution in [3.8, 4) is 5.75 Å². The van der Waals surface area contributed by atoms with Crippen molar-refractivity contribution >= 4 is 17.3 Å². The molecule has 0 N–H and O–H groups in total. The number of fused-ring (bicyclic) bond motifs is 1. The fourth-order valence-corrected chi connectivity index (χ4v) is 1.61. The molecule has 0 aliphatic carbocycles. The van der Waals surface area contributed by atoms with Gasteiger partial charge in [-0.2, -0.15) is 0 Å². The molecule has 1 aromatic carbocycles. The summed E-state index contributed by atoms with van der Waals surface area (Å²) in [6, 6.07) is 4.20. The summed E-state index contributed by atoms with van der Waals surface area (Å²) in [5.74, 6) is 0.271. The van der Waals surface area contributed by atoms with Gasteiger partial charge in [0.25, 0.3) is 11.6 Å². The Balaban J connectivity index is 2.50. The maximum atomic E-state index is 11.6. The van der Waals surface area contributed by atoms with Crippen LogP contribution in [0.5, 0.6) is 5.75 Å². The predicted molar refractivity (Wildman–Crippen MR) is 56.6 cm³/mol. The summed E-state index contributed by atoms with van der Waals surface area (Å²) < 4.78 is 5.34. The SMILES string of the molecule is CC1Oc2ccc([N+](=O)[O-])cc2N(C)C1=O. The second kappa shape index (κ2) is 3.48. The van der Waals surface area contributed by atoms with Crippen LogP contribution in [-0.4, -0.2) is 24.0 Å². The minimum Gasteiger partial charge on any atom is -0.479 e. The van der Waals surface area contributed by atoms with Crippen molar-refractivity contribution in [3.05, 3.63) is 28.3 Å². The molecule has 1 unspecified atom stereocenters. The summed E-state index contributed by atoms with van der Waals surface area (Å²) in [5.41, 5.74) is 0.369. The van der Waals surface area contributed by atoms with Crippen LogP contribution < -0.4 is 9.64 Å². The molecule has 0 saturated carbocycles. The van der Waals surface area contributed by atoms with Gasteiger partial charge >= 0.3 is 0 Å². The van der Waals surface area contributed by atoms with E-state index in [9.17, 15) is 14.9 Å². The number of carbonyl (C=O) groups excluding carboxylic acids is 1. The number of anilines is 1. The fraction of sp³-hybridized carbons (Fsp3) is 0.300. The van der Waals surface area contributed by atoms with Gasteiger partial charge in [-0.3, -0.25) is 14.9 Å². The lowest BCUT2D eigenvalue weighted by Gasteiger charge is -2.29. The molecule has 1 aliphatic rings. The molecule has 0 fully saturated rings. The number of ether oxygens (including phenoxy) is 1. The maximum absolute atomic E-state index is 11.6. The Morgan fingerprint density at radius 2 is 2.19 bits per heavy atom. The third-order valence-electron chi connectivity index (χ3n) is 2.50. The van der Waals surface area contributed by atoms with Crippen LogP contribution in [0.25, 0.3) is 0 Å². The molecule has 0 saturated heterocycles. The topological polar surface area (TPSA) is 72.7 Å². The van der Waals surface area contributed by atoms with E-state index in [1.807, 2.05) is 0 Å². The molecule has 0 bridgehead atoms. The number of rotatable bonds is 1. The highest BCUT2D eigenvalue weighted by molar-refractivity contribution is 5.99. The monoisotopic (exact) mass is 222 g/mol. The fourth-order valence-electron chi connectivity index (χ4n) is 1.61. The zero-order valence-corrected chi connectivity index (χ0v) is 8.84. The molecule has 0 aromatic heterocycles. The standard InChI is InChI=1S/C10H10N2O4/c1-6-10(13)11(2)8-5-7(12(14)15)3-4-9(8)16-6/h3-6H,1-2H3. The Morgan fingerprint density at radius 3 is 2.81 bits per heavy atom. The first-order valence-corrected chi connectivity index (χ1v) is 4.73. The lowest BCUT2D eigenvalue weighted by atomic mass is 10.2. The van der Waals surface area contributed by atoms with Crippen molar-refractivity contribution in [2.75, 3.05) is 11.9 Å². The van der Waals surface area contributed by atoms with E-state index in [2.05, 4.69) is 0 Å². The van der Waals surface area contributed by atoms with Gasteiger partial charge in [-0.15, -0.1) is 0 Å². The van der Waals surface area contributed by atoms with Crippen molar-refractivity contribution in [2.24, 2.45) is 0 Å². The highest BCUT2D eigenvalue weighted by Crippen LogP contribution is 2.35. The molecule has 6 heteroatoms. The summed E-state index contributed by atoms with van der Waals surface area (Å²) in [4.78, 5) is 23.1. The zero-order chi connectivity index (χ0) is 11.9.